The second-order valence-electron chi connectivity index (χ2n) is 6.02. The maximum absolute atomic E-state index is 12.4. The standard InChI is InChI=1S/C15H23N5O3S.ClH/c21-15(17-4-2-7-19-9-5-16-6-10-19)13-3-1-8-20-11-12-24(22,23)18-14(13)20;/h1,3,8,16H,2,4-7,9-12H2,(H,17,21);1H. The highest BCUT2D eigenvalue weighted by Gasteiger charge is 2.29. The Kier molecular flexibility index (Phi) is 7.00. The number of carbonyl (C=O) groups is 1. The molecule has 3 rings (SSSR count). The Morgan fingerprint density at radius 3 is 2.80 bits per heavy atom. The van der Waals surface area contributed by atoms with Gasteiger partial charge in [-0.2, -0.15) is 0 Å². The number of amides is 1. The average Bonchev–Trinajstić information content (AvgIpc) is 2.58. The average molecular weight is 390 g/mol. The third-order valence-corrected chi connectivity index (χ3v) is 5.40. The number of carbonyl (C=O) groups excluding carboxylic acids is 1. The second kappa shape index (κ2) is 8.79. The monoisotopic (exact) mass is 389 g/mol. The van der Waals surface area contributed by atoms with Gasteiger partial charge in [-0.15, -0.1) is 16.8 Å². The first-order chi connectivity index (χ1) is 11.6. The van der Waals surface area contributed by atoms with Gasteiger partial charge in [0.05, 0.1) is 11.3 Å². The van der Waals surface area contributed by atoms with Gasteiger partial charge in [0.15, 0.2) is 5.84 Å². The Hall–Kier alpha value is -1.42. The lowest BCUT2D eigenvalue weighted by atomic mass is 10.1. The third-order valence-electron chi connectivity index (χ3n) is 4.25. The van der Waals surface area contributed by atoms with Crippen LogP contribution in [0.15, 0.2) is 28.3 Å². The minimum Gasteiger partial charge on any atom is -0.352 e. The highest BCUT2D eigenvalue weighted by molar-refractivity contribution is 7.90. The van der Waals surface area contributed by atoms with Gasteiger partial charge in [0.2, 0.25) is 0 Å². The van der Waals surface area contributed by atoms with Crippen LogP contribution in [-0.2, 0) is 14.8 Å². The molecule has 3 heterocycles. The second-order valence-corrected chi connectivity index (χ2v) is 7.77. The number of sulfonamides is 1. The fraction of sp³-hybridized carbons (Fsp3) is 0.600. The summed E-state index contributed by atoms with van der Waals surface area (Å²) in [4.78, 5) is 16.4. The Bertz CT molecular complexity index is 683. The molecule has 1 amide bonds. The topological polar surface area (TPSA) is 94.1 Å². The fourth-order valence-electron chi connectivity index (χ4n) is 2.93. The van der Waals surface area contributed by atoms with Crippen LogP contribution in [0.1, 0.15) is 6.42 Å². The third kappa shape index (κ3) is 5.27. The van der Waals surface area contributed by atoms with Crippen LogP contribution in [0, 0.1) is 0 Å². The van der Waals surface area contributed by atoms with Gasteiger partial charge >= 0.3 is 0 Å². The van der Waals surface area contributed by atoms with Crippen molar-refractivity contribution in [1.29, 1.82) is 0 Å². The smallest absolute Gasteiger partial charge is 0.256 e. The van der Waals surface area contributed by atoms with Crippen molar-refractivity contribution in [3.63, 3.8) is 0 Å². The van der Waals surface area contributed by atoms with Gasteiger partial charge in [0.25, 0.3) is 15.9 Å². The molecule has 0 aromatic heterocycles. The van der Waals surface area contributed by atoms with E-state index in [1.165, 1.54) is 0 Å². The summed E-state index contributed by atoms with van der Waals surface area (Å²) in [5.74, 6) is -0.0793. The quantitative estimate of drug-likeness (QED) is 0.605. The van der Waals surface area contributed by atoms with Crippen molar-refractivity contribution in [2.45, 2.75) is 6.42 Å². The van der Waals surface area contributed by atoms with Gasteiger partial charge in [0.1, 0.15) is 0 Å². The lowest BCUT2D eigenvalue weighted by molar-refractivity contribution is -0.117. The van der Waals surface area contributed by atoms with E-state index in [4.69, 9.17) is 0 Å². The minimum atomic E-state index is -3.48. The van der Waals surface area contributed by atoms with E-state index in [-0.39, 0.29) is 29.9 Å². The predicted molar refractivity (Wildman–Crippen MR) is 99.3 cm³/mol. The van der Waals surface area contributed by atoms with Crippen LogP contribution in [0.3, 0.4) is 0 Å². The fourth-order valence-corrected chi connectivity index (χ4v) is 3.91. The SMILES string of the molecule is Cl.O=C(NCCCN1CCNCC1)C1=CC=CN2CCS(=O)(=O)N=C12. The molecular weight excluding hydrogens is 366 g/mol. The molecule has 0 unspecified atom stereocenters. The molecule has 1 fully saturated rings. The number of amidine groups is 1. The predicted octanol–water partition coefficient (Wildman–Crippen LogP) is -0.683. The van der Waals surface area contributed by atoms with E-state index in [9.17, 15) is 13.2 Å². The lowest BCUT2D eigenvalue weighted by Gasteiger charge is -2.29. The summed E-state index contributed by atoms with van der Waals surface area (Å²) in [6, 6.07) is 0. The van der Waals surface area contributed by atoms with Crippen LogP contribution >= 0.6 is 12.4 Å². The molecule has 0 aromatic carbocycles. The zero-order chi connectivity index (χ0) is 17.0. The van der Waals surface area contributed by atoms with E-state index >= 15 is 0 Å². The molecule has 0 radical (unpaired) electrons. The molecule has 0 bridgehead atoms. The Balaban J connectivity index is 0.00000225. The van der Waals surface area contributed by atoms with Crippen LogP contribution in [0.4, 0.5) is 0 Å². The molecule has 0 atom stereocenters. The summed E-state index contributed by atoms with van der Waals surface area (Å²) in [5.41, 5.74) is 0.308. The first-order valence-corrected chi connectivity index (χ1v) is 9.85. The lowest BCUT2D eigenvalue weighted by Crippen LogP contribution is -2.45. The van der Waals surface area contributed by atoms with Crippen molar-refractivity contribution in [3.8, 4) is 0 Å². The first kappa shape index (κ1) is 19.9. The zero-order valence-electron chi connectivity index (χ0n) is 14.0. The van der Waals surface area contributed by atoms with Gasteiger partial charge in [-0.05, 0) is 25.1 Å². The number of fused-ring (bicyclic) bond motifs is 1. The summed E-state index contributed by atoms with van der Waals surface area (Å²) in [6.45, 7) is 5.92. The largest absolute Gasteiger partial charge is 0.352 e. The number of halogens is 1. The maximum Gasteiger partial charge on any atom is 0.256 e. The van der Waals surface area contributed by atoms with Gasteiger partial charge in [-0.25, -0.2) is 8.42 Å². The number of piperazine rings is 1. The number of hydrogen-bond donors (Lipinski definition) is 2. The number of allylic oxidation sites excluding steroid dienone is 2. The van der Waals surface area contributed by atoms with Crippen LogP contribution in [0.25, 0.3) is 0 Å². The number of nitrogens with zero attached hydrogens (tertiary/aromatic N) is 3. The summed E-state index contributed by atoms with van der Waals surface area (Å²) in [6.07, 6.45) is 5.96. The molecule has 3 aliphatic heterocycles. The van der Waals surface area contributed by atoms with Gasteiger partial charge in [-0.1, -0.05) is 0 Å². The van der Waals surface area contributed by atoms with Crippen molar-refractivity contribution in [2.24, 2.45) is 4.40 Å². The van der Waals surface area contributed by atoms with Crippen molar-refractivity contribution in [1.82, 2.24) is 20.4 Å². The Labute approximate surface area is 154 Å². The summed E-state index contributed by atoms with van der Waals surface area (Å²) in [5, 5.41) is 6.17. The zero-order valence-corrected chi connectivity index (χ0v) is 15.6. The molecule has 2 N–H and O–H groups in total. The van der Waals surface area contributed by atoms with Crippen molar-refractivity contribution in [2.75, 3.05) is 51.6 Å². The van der Waals surface area contributed by atoms with Crippen LogP contribution in [0.5, 0.6) is 0 Å². The molecule has 0 spiro atoms. The van der Waals surface area contributed by atoms with Crippen molar-refractivity contribution >= 4 is 34.2 Å². The van der Waals surface area contributed by atoms with Crippen molar-refractivity contribution < 1.29 is 13.2 Å². The van der Waals surface area contributed by atoms with Gasteiger partial charge in [0, 0.05) is 45.5 Å². The molecule has 0 aromatic rings. The summed E-state index contributed by atoms with van der Waals surface area (Å²) >= 11 is 0. The molecule has 0 aliphatic carbocycles. The minimum absolute atomic E-state index is 0. The molecule has 10 heteroatoms. The first-order valence-electron chi connectivity index (χ1n) is 8.25. The Morgan fingerprint density at radius 1 is 1.28 bits per heavy atom. The van der Waals surface area contributed by atoms with Gasteiger partial charge in [-0.3, -0.25) is 4.79 Å². The molecule has 140 valence electrons. The molecule has 3 aliphatic rings. The molecule has 1 saturated heterocycles. The van der Waals surface area contributed by atoms with Crippen LogP contribution in [-0.4, -0.2) is 81.5 Å². The van der Waals surface area contributed by atoms with E-state index in [2.05, 4.69) is 19.9 Å². The van der Waals surface area contributed by atoms with E-state index in [0.29, 0.717) is 18.7 Å². The van der Waals surface area contributed by atoms with E-state index in [1.54, 1.807) is 23.3 Å². The van der Waals surface area contributed by atoms with Crippen LogP contribution in [0.2, 0.25) is 0 Å². The van der Waals surface area contributed by atoms with Crippen LogP contribution < -0.4 is 10.6 Å². The van der Waals surface area contributed by atoms with E-state index in [0.717, 1.165) is 39.1 Å². The molecule has 0 saturated carbocycles. The Morgan fingerprint density at radius 2 is 2.04 bits per heavy atom. The molecule has 25 heavy (non-hydrogen) atoms. The molecular formula is C15H24ClN5O3S. The van der Waals surface area contributed by atoms with E-state index < -0.39 is 10.0 Å². The highest BCUT2D eigenvalue weighted by Crippen LogP contribution is 2.17. The maximum atomic E-state index is 12.4. The number of nitrogens with one attached hydrogen (secondary N) is 2. The normalized spacial score (nSPS) is 22.3. The highest BCUT2D eigenvalue weighted by atomic mass is 35.5. The van der Waals surface area contributed by atoms with E-state index in [1.807, 2.05) is 0 Å². The van der Waals surface area contributed by atoms with Gasteiger partial charge < -0.3 is 20.4 Å². The molecule has 8 nitrogen and oxygen atoms in total. The summed E-state index contributed by atoms with van der Waals surface area (Å²) < 4.78 is 27.2. The van der Waals surface area contributed by atoms with Crippen molar-refractivity contribution in [3.05, 3.63) is 23.9 Å². The summed E-state index contributed by atoms with van der Waals surface area (Å²) in [7, 11) is -3.48. The number of hydrogen-bond acceptors (Lipinski definition) is 6. The number of rotatable bonds is 5.